The number of primary amides is 2. The third kappa shape index (κ3) is 8.65. The number of nitrogens with one attached hydrogen (secondary N) is 3. The molecule has 0 aromatic rings. The Morgan fingerprint density at radius 1 is 0.920 bits per heavy atom. The molecule has 0 aromatic carbocycles. The van der Waals surface area contributed by atoms with Crippen LogP contribution in [0.25, 0.3) is 0 Å². The van der Waals surface area contributed by atoms with E-state index in [1.165, 1.54) is 6.92 Å². The lowest BCUT2D eigenvalue weighted by Crippen LogP contribution is -2.54. The van der Waals surface area contributed by atoms with Crippen molar-refractivity contribution in [3.8, 4) is 0 Å². The van der Waals surface area contributed by atoms with Gasteiger partial charge in [0.15, 0.2) is 0 Å². The van der Waals surface area contributed by atoms with Gasteiger partial charge < -0.3 is 33.2 Å². The van der Waals surface area contributed by atoms with E-state index in [0.717, 1.165) is 0 Å². The average Bonchev–Trinajstić information content (AvgIpc) is 2.48. The number of hydrogen-bond donors (Lipinski definition) is 6. The molecule has 0 aliphatic carbocycles. The first kappa shape index (κ1) is 22.3. The number of hydrogen-bond acceptors (Lipinski definition) is 6. The predicted octanol–water partition coefficient (Wildman–Crippen LogP) is -3.56. The molecule has 0 radical (unpaired) electrons. The molecule has 0 bridgehead atoms. The van der Waals surface area contributed by atoms with Crippen molar-refractivity contribution in [2.24, 2.45) is 23.1 Å². The Hall–Kier alpha value is -2.69. The van der Waals surface area contributed by atoms with Gasteiger partial charge in [-0.25, -0.2) is 0 Å². The van der Waals surface area contributed by atoms with Crippen LogP contribution in [0.1, 0.15) is 27.2 Å². The van der Waals surface area contributed by atoms with E-state index in [4.69, 9.17) is 17.2 Å². The molecule has 0 fully saturated rings. The van der Waals surface area contributed by atoms with E-state index in [-0.39, 0.29) is 5.92 Å². The summed E-state index contributed by atoms with van der Waals surface area (Å²) in [4.78, 5) is 57.7. The van der Waals surface area contributed by atoms with E-state index in [0.29, 0.717) is 0 Å². The Balaban J connectivity index is 4.73. The molecule has 11 nitrogen and oxygen atoms in total. The summed E-state index contributed by atoms with van der Waals surface area (Å²) in [5.74, 6) is -3.84. The van der Waals surface area contributed by atoms with Crippen LogP contribution in [-0.4, -0.2) is 54.2 Å². The Kier molecular flexibility index (Phi) is 9.13. The molecule has 0 aliphatic rings. The second-order valence-corrected chi connectivity index (χ2v) is 5.93. The summed E-state index contributed by atoms with van der Waals surface area (Å²) in [6.07, 6.45) is -0.457. The number of rotatable bonds is 10. The summed E-state index contributed by atoms with van der Waals surface area (Å²) in [6, 6.07) is -3.04. The molecular formula is C14H26N6O5. The number of carbonyl (C=O) groups excluding carboxylic acids is 5. The summed E-state index contributed by atoms with van der Waals surface area (Å²) in [5.41, 5.74) is 15.6. The van der Waals surface area contributed by atoms with Gasteiger partial charge in [0.25, 0.3) is 0 Å². The highest BCUT2D eigenvalue weighted by atomic mass is 16.2. The van der Waals surface area contributed by atoms with Crippen LogP contribution < -0.4 is 33.2 Å². The molecule has 0 spiro atoms. The van der Waals surface area contributed by atoms with Crippen molar-refractivity contribution in [1.82, 2.24) is 16.0 Å². The first-order valence-electron chi connectivity index (χ1n) is 7.66. The topological polar surface area (TPSA) is 200 Å². The minimum atomic E-state index is -1.26. The monoisotopic (exact) mass is 358 g/mol. The van der Waals surface area contributed by atoms with E-state index in [1.54, 1.807) is 13.8 Å². The normalized spacial score (nSPS) is 14.1. The summed E-state index contributed by atoms with van der Waals surface area (Å²) >= 11 is 0. The van der Waals surface area contributed by atoms with E-state index < -0.39 is 60.6 Å². The van der Waals surface area contributed by atoms with Gasteiger partial charge in [0.05, 0.1) is 19.0 Å². The van der Waals surface area contributed by atoms with Crippen molar-refractivity contribution in [2.45, 2.75) is 45.3 Å². The van der Waals surface area contributed by atoms with Crippen LogP contribution in [0.3, 0.4) is 0 Å². The summed E-state index contributed by atoms with van der Waals surface area (Å²) < 4.78 is 0. The minimum absolute atomic E-state index is 0.231. The van der Waals surface area contributed by atoms with E-state index >= 15 is 0 Å². The van der Waals surface area contributed by atoms with E-state index in [1.807, 2.05) is 0 Å². The molecule has 25 heavy (non-hydrogen) atoms. The lowest BCUT2D eigenvalue weighted by atomic mass is 10.0. The van der Waals surface area contributed by atoms with Crippen LogP contribution in [0.15, 0.2) is 0 Å². The van der Waals surface area contributed by atoms with Crippen LogP contribution in [0.5, 0.6) is 0 Å². The second-order valence-electron chi connectivity index (χ2n) is 5.93. The summed E-state index contributed by atoms with van der Waals surface area (Å²) in [5, 5.41) is 6.90. The first-order chi connectivity index (χ1) is 11.5. The predicted molar refractivity (Wildman–Crippen MR) is 88.4 cm³/mol. The summed E-state index contributed by atoms with van der Waals surface area (Å²) in [6.45, 7) is 4.32. The molecular weight excluding hydrogens is 332 g/mol. The van der Waals surface area contributed by atoms with E-state index in [2.05, 4.69) is 16.0 Å². The van der Waals surface area contributed by atoms with E-state index in [9.17, 15) is 24.0 Å². The molecule has 0 saturated carbocycles. The third-order valence-electron chi connectivity index (χ3n) is 3.16. The Labute approximate surface area is 145 Å². The van der Waals surface area contributed by atoms with Gasteiger partial charge in [-0.3, -0.25) is 24.0 Å². The molecule has 0 rings (SSSR count). The van der Waals surface area contributed by atoms with Gasteiger partial charge in [-0.2, -0.15) is 0 Å². The second kappa shape index (κ2) is 10.2. The molecule has 3 atom stereocenters. The van der Waals surface area contributed by atoms with Crippen molar-refractivity contribution in [1.29, 1.82) is 0 Å². The lowest BCUT2D eigenvalue weighted by molar-refractivity contribution is -0.133. The van der Waals surface area contributed by atoms with Gasteiger partial charge in [0.2, 0.25) is 29.5 Å². The highest BCUT2D eigenvalue weighted by Gasteiger charge is 2.25. The van der Waals surface area contributed by atoms with Crippen LogP contribution in [0.2, 0.25) is 0 Å². The SMILES string of the molecule is CC(C)[C@H](NC(=O)CNC(=O)[C@H](CC(N)=O)NC(=O)[C@H](C)N)C(N)=O. The maximum absolute atomic E-state index is 12.0. The first-order valence-corrected chi connectivity index (χ1v) is 7.66. The Bertz CT molecular complexity index is 534. The fourth-order valence-electron chi connectivity index (χ4n) is 1.80. The van der Waals surface area contributed by atoms with Crippen LogP contribution in [0, 0.1) is 5.92 Å². The van der Waals surface area contributed by atoms with Crippen molar-refractivity contribution in [2.75, 3.05) is 6.54 Å². The van der Waals surface area contributed by atoms with Crippen LogP contribution in [-0.2, 0) is 24.0 Å². The van der Waals surface area contributed by atoms with Gasteiger partial charge in [0, 0.05) is 0 Å². The van der Waals surface area contributed by atoms with Crippen molar-refractivity contribution >= 4 is 29.5 Å². The maximum Gasteiger partial charge on any atom is 0.243 e. The molecule has 0 aromatic heterocycles. The average molecular weight is 358 g/mol. The molecule has 5 amide bonds. The fraction of sp³-hybridized carbons (Fsp3) is 0.643. The van der Waals surface area contributed by atoms with Gasteiger partial charge in [-0.05, 0) is 12.8 Å². The number of carbonyl (C=O) groups is 5. The Morgan fingerprint density at radius 3 is 1.88 bits per heavy atom. The summed E-state index contributed by atoms with van der Waals surface area (Å²) in [7, 11) is 0. The molecule has 0 saturated heterocycles. The van der Waals surface area contributed by atoms with Crippen LogP contribution >= 0.6 is 0 Å². The highest BCUT2D eigenvalue weighted by Crippen LogP contribution is 2.00. The molecule has 11 heteroatoms. The maximum atomic E-state index is 12.0. The number of nitrogens with two attached hydrogens (primary N) is 3. The quantitative estimate of drug-likeness (QED) is 0.233. The lowest BCUT2D eigenvalue weighted by Gasteiger charge is -2.20. The Morgan fingerprint density at radius 2 is 1.48 bits per heavy atom. The van der Waals surface area contributed by atoms with Crippen LogP contribution in [0.4, 0.5) is 0 Å². The fourth-order valence-corrected chi connectivity index (χ4v) is 1.80. The van der Waals surface area contributed by atoms with Gasteiger partial charge in [0.1, 0.15) is 12.1 Å². The number of amides is 5. The molecule has 0 heterocycles. The smallest absolute Gasteiger partial charge is 0.243 e. The molecule has 0 unspecified atom stereocenters. The molecule has 9 N–H and O–H groups in total. The molecule has 142 valence electrons. The largest absolute Gasteiger partial charge is 0.370 e. The van der Waals surface area contributed by atoms with Crippen molar-refractivity contribution < 1.29 is 24.0 Å². The van der Waals surface area contributed by atoms with Gasteiger partial charge in [-0.15, -0.1) is 0 Å². The van der Waals surface area contributed by atoms with Crippen molar-refractivity contribution in [3.63, 3.8) is 0 Å². The highest BCUT2D eigenvalue weighted by molar-refractivity contribution is 5.95. The van der Waals surface area contributed by atoms with Crippen molar-refractivity contribution in [3.05, 3.63) is 0 Å². The zero-order valence-corrected chi connectivity index (χ0v) is 14.5. The third-order valence-corrected chi connectivity index (χ3v) is 3.16. The standard InChI is InChI=1S/C14H26N6O5/c1-6(2)11(12(17)23)20-10(22)5-18-14(25)8(4-9(16)21)19-13(24)7(3)15/h6-8,11H,4-5,15H2,1-3H3,(H2,16,21)(H2,17,23)(H,18,25)(H,19,24)(H,20,22)/t7-,8-,11-/m0/s1. The zero-order chi connectivity index (χ0) is 19.7. The minimum Gasteiger partial charge on any atom is -0.370 e. The van der Waals surface area contributed by atoms with Gasteiger partial charge in [-0.1, -0.05) is 13.8 Å². The van der Waals surface area contributed by atoms with Gasteiger partial charge >= 0.3 is 0 Å². The zero-order valence-electron chi connectivity index (χ0n) is 14.5. The molecule has 0 aliphatic heterocycles.